The summed E-state index contributed by atoms with van der Waals surface area (Å²) in [5.74, 6) is 0. The van der Waals surface area contributed by atoms with Crippen LogP contribution in [-0.4, -0.2) is 4.57 Å². The fourth-order valence-electron chi connectivity index (χ4n) is 15.4. The van der Waals surface area contributed by atoms with Gasteiger partial charge in [0.15, 0.2) is 16.7 Å². The summed E-state index contributed by atoms with van der Waals surface area (Å²) in [5.41, 5.74) is 21.0. The Bertz CT molecular complexity index is 5940. The zero-order valence-electron chi connectivity index (χ0n) is 46.0. The number of rotatable bonds is 6. The molecule has 0 amide bonds. The molecule has 0 radical (unpaired) electrons. The van der Waals surface area contributed by atoms with Crippen LogP contribution in [0.4, 0.5) is 34.1 Å². The van der Waals surface area contributed by atoms with Crippen LogP contribution in [0.3, 0.4) is 0 Å². The largest absolute Gasteiger partial charge is 0.455 e. The molecule has 400 valence electrons. The number of benzene rings is 13. The molecule has 1 aliphatic heterocycles. The lowest BCUT2D eigenvalue weighted by Crippen LogP contribution is -2.34. The second-order valence-corrected chi connectivity index (χ2v) is 22.9. The van der Waals surface area contributed by atoms with Crippen LogP contribution in [-0.2, 0) is 5.41 Å². The lowest BCUT2D eigenvalue weighted by molar-refractivity contribution is 0.665. The van der Waals surface area contributed by atoms with Gasteiger partial charge in [0.05, 0.1) is 50.3 Å². The van der Waals surface area contributed by atoms with Crippen molar-refractivity contribution in [1.82, 2.24) is 4.57 Å². The van der Waals surface area contributed by atoms with E-state index in [0.29, 0.717) is 0 Å². The van der Waals surface area contributed by atoms with Crippen molar-refractivity contribution in [3.63, 3.8) is 0 Å². The zero-order valence-corrected chi connectivity index (χ0v) is 46.0. The highest BCUT2D eigenvalue weighted by atomic mass is 16.3. The summed E-state index contributed by atoms with van der Waals surface area (Å²) >= 11 is 0. The molecule has 0 N–H and O–H groups in total. The first kappa shape index (κ1) is 46.0. The van der Waals surface area contributed by atoms with Gasteiger partial charge in [0.1, 0.15) is 27.9 Å². The van der Waals surface area contributed by atoms with Gasteiger partial charge >= 0.3 is 0 Å². The topological polar surface area (TPSA) is 64.0 Å². The second kappa shape index (κ2) is 16.8. The fraction of sp³-hybridized carbons (Fsp3) is 0.0127. The molecule has 7 nitrogen and oxygen atoms in total. The summed E-state index contributed by atoms with van der Waals surface area (Å²) in [5, 5.41) is 10.6. The van der Waals surface area contributed by atoms with E-state index < -0.39 is 5.41 Å². The molecule has 18 aromatic rings. The van der Waals surface area contributed by atoms with Crippen molar-refractivity contribution in [2.45, 2.75) is 5.41 Å². The van der Waals surface area contributed by atoms with Gasteiger partial charge in [0, 0.05) is 71.0 Å². The van der Waals surface area contributed by atoms with Crippen LogP contribution in [0.15, 0.2) is 291 Å². The average molecular weight is 1100 g/mol. The first-order valence-corrected chi connectivity index (χ1v) is 29.3. The van der Waals surface area contributed by atoms with E-state index >= 15 is 0 Å². The predicted molar refractivity (Wildman–Crippen MR) is 350 cm³/mol. The molecule has 0 saturated heterocycles. The van der Waals surface area contributed by atoms with Gasteiger partial charge < -0.3 is 32.0 Å². The van der Waals surface area contributed by atoms with Crippen molar-refractivity contribution in [2.75, 3.05) is 9.80 Å². The van der Waals surface area contributed by atoms with E-state index in [2.05, 4.69) is 275 Å². The molecule has 0 bridgehead atoms. The van der Waals surface area contributed by atoms with Gasteiger partial charge in [-0.15, -0.1) is 0 Å². The van der Waals surface area contributed by atoms with E-state index in [4.69, 9.17) is 17.7 Å². The van der Waals surface area contributed by atoms with Gasteiger partial charge in [-0.05, 0) is 107 Å². The molecule has 2 aliphatic rings. The van der Waals surface area contributed by atoms with Gasteiger partial charge in [-0.1, -0.05) is 188 Å². The van der Waals surface area contributed by atoms with Crippen LogP contribution >= 0.6 is 0 Å². The van der Waals surface area contributed by atoms with Gasteiger partial charge in [-0.25, -0.2) is 0 Å². The van der Waals surface area contributed by atoms with Crippen molar-refractivity contribution in [2.24, 2.45) is 0 Å². The first-order chi connectivity index (χ1) is 42.7. The van der Waals surface area contributed by atoms with E-state index in [1.54, 1.807) is 0 Å². The van der Waals surface area contributed by atoms with E-state index in [1.165, 1.54) is 16.3 Å². The summed E-state index contributed by atoms with van der Waals surface area (Å²) in [6.45, 7) is 0. The summed E-state index contributed by atoms with van der Waals surface area (Å²) < 4.78 is 31.8. The SMILES string of the molecule is c1ccc(N(c2cccc3c2oc2ccccc23)c2cc3c(c4c2oc2ccccc24)-c2c(cc(N(c4ccccc4)c4cccc5c4oc4ccccc45)c4c2oc2ccccc24)C32c3ccccc3-n3c4ccccc4c4cccc2c43)cc1. The Labute approximate surface area is 490 Å². The Hall–Kier alpha value is -11.5. The van der Waals surface area contributed by atoms with E-state index in [0.717, 1.165) is 166 Å². The summed E-state index contributed by atoms with van der Waals surface area (Å²) in [6.07, 6.45) is 0. The number of aromatic nitrogens is 1. The number of hydrogen-bond acceptors (Lipinski definition) is 6. The lowest BCUT2D eigenvalue weighted by atomic mass is 9.65. The maximum Gasteiger partial charge on any atom is 0.160 e. The Morgan fingerprint density at radius 3 is 1.37 bits per heavy atom. The standard InChI is InChI=1S/C79H45N3O4/c1-3-22-46(23-4-1)80(62-38-20-32-52-49-27-8-15-40-66(49)83-75(52)62)64-44-59-73(78-70(64)54-29-10-17-42-68(54)86-78)72-58(79(59)56-34-12-14-37-61(56)82-60-36-13-7-26-48(60)51-31-19-35-57(79)74(51)82)45-65(77-71(72)55-30-11-18-43-69(55)85-77)81(47-24-5-2-6-25-47)63-39-21-33-53-50-28-9-16-41-67(50)84-76(53)63/h1-45H. The molecule has 1 aliphatic carbocycles. The smallest absolute Gasteiger partial charge is 0.160 e. The lowest BCUT2D eigenvalue weighted by Gasteiger charge is -2.40. The van der Waals surface area contributed by atoms with Gasteiger partial charge in [0.25, 0.3) is 0 Å². The van der Waals surface area contributed by atoms with Gasteiger partial charge in [-0.3, -0.25) is 0 Å². The van der Waals surface area contributed by atoms with Crippen LogP contribution in [0.5, 0.6) is 0 Å². The monoisotopic (exact) mass is 1100 g/mol. The van der Waals surface area contributed by atoms with E-state index in [-0.39, 0.29) is 0 Å². The Kier molecular flexibility index (Phi) is 8.99. The molecular formula is C79H45N3O4. The minimum Gasteiger partial charge on any atom is -0.455 e. The number of para-hydroxylation sites is 11. The molecule has 1 atom stereocenters. The summed E-state index contributed by atoms with van der Waals surface area (Å²) in [7, 11) is 0. The predicted octanol–water partition coefficient (Wildman–Crippen LogP) is 22.0. The normalized spacial score (nSPS) is 14.3. The summed E-state index contributed by atoms with van der Waals surface area (Å²) in [4.78, 5) is 4.78. The molecule has 0 fully saturated rings. The molecule has 0 saturated carbocycles. The number of furan rings is 4. The third-order valence-electron chi connectivity index (χ3n) is 18.7. The number of anilines is 6. The summed E-state index contributed by atoms with van der Waals surface area (Å²) in [6, 6.07) is 98.2. The minimum absolute atomic E-state index is 0.747. The van der Waals surface area contributed by atoms with E-state index in [1.807, 2.05) is 12.1 Å². The third-order valence-corrected chi connectivity index (χ3v) is 18.7. The fourth-order valence-corrected chi connectivity index (χ4v) is 15.4. The number of hydrogen-bond donors (Lipinski definition) is 0. The quantitative estimate of drug-likeness (QED) is 0.165. The highest BCUT2D eigenvalue weighted by molar-refractivity contribution is 6.27. The van der Waals surface area contributed by atoms with Crippen molar-refractivity contribution >= 4 is 144 Å². The molecule has 7 heteroatoms. The number of nitrogens with zero attached hydrogens (tertiary/aromatic N) is 3. The van der Waals surface area contributed by atoms with Crippen LogP contribution in [0.25, 0.3) is 126 Å². The van der Waals surface area contributed by atoms with E-state index in [9.17, 15) is 0 Å². The van der Waals surface area contributed by atoms with Crippen LogP contribution in [0.1, 0.15) is 22.3 Å². The van der Waals surface area contributed by atoms with Crippen molar-refractivity contribution in [3.05, 3.63) is 295 Å². The maximum absolute atomic E-state index is 7.69. The molecule has 20 rings (SSSR count). The van der Waals surface area contributed by atoms with Gasteiger partial charge in [0.2, 0.25) is 0 Å². The van der Waals surface area contributed by atoms with Crippen molar-refractivity contribution in [3.8, 4) is 16.8 Å². The second-order valence-electron chi connectivity index (χ2n) is 22.9. The minimum atomic E-state index is -1.00. The van der Waals surface area contributed by atoms with Crippen molar-refractivity contribution in [1.29, 1.82) is 0 Å². The maximum atomic E-state index is 7.69. The molecular weight excluding hydrogens is 1050 g/mol. The Morgan fingerprint density at radius 1 is 0.279 bits per heavy atom. The molecule has 1 unspecified atom stereocenters. The molecule has 86 heavy (non-hydrogen) atoms. The Balaban J connectivity index is 1.02. The van der Waals surface area contributed by atoms with Crippen LogP contribution in [0, 0.1) is 0 Å². The average Bonchev–Trinajstić information content (AvgIpc) is 1.47. The van der Waals surface area contributed by atoms with Crippen LogP contribution < -0.4 is 9.80 Å². The first-order valence-electron chi connectivity index (χ1n) is 29.3. The molecule has 13 aromatic carbocycles. The molecule has 5 aromatic heterocycles. The third kappa shape index (κ3) is 5.81. The highest BCUT2D eigenvalue weighted by Gasteiger charge is 2.54. The molecule has 6 heterocycles. The number of fused-ring (bicyclic) bond motifs is 26. The van der Waals surface area contributed by atoms with Gasteiger partial charge in [-0.2, -0.15) is 0 Å². The van der Waals surface area contributed by atoms with Crippen LogP contribution in [0.2, 0.25) is 0 Å². The molecule has 1 spiro atoms. The van der Waals surface area contributed by atoms with Crippen molar-refractivity contribution < 1.29 is 17.7 Å². The zero-order chi connectivity index (χ0) is 55.9. The Morgan fingerprint density at radius 2 is 0.721 bits per heavy atom. The highest BCUT2D eigenvalue weighted by Crippen LogP contribution is 2.67.